The Bertz CT molecular complexity index is 2860. The molecule has 0 fully saturated rings. The van der Waals surface area contributed by atoms with Gasteiger partial charge in [-0.3, -0.25) is 47.9 Å². The molecule has 4 rings (SSSR count). The molecule has 92 heavy (non-hydrogen) atoms. The molecule has 0 aliphatic rings. The molecule has 0 bridgehead atoms. The minimum atomic E-state index is -3.20. The second kappa shape index (κ2) is 38.7. The third kappa shape index (κ3) is 25.9. The molecule has 4 atom stereocenters. The van der Waals surface area contributed by atoms with Crippen molar-refractivity contribution in [2.75, 3.05) is 26.2 Å². The summed E-state index contributed by atoms with van der Waals surface area (Å²) < 4.78 is 16.1. The molecule has 10 amide bonds. The third-order valence-corrected chi connectivity index (χ3v) is 25.4. The molecule has 13 N–H and O–H groups in total. The first-order valence-electron chi connectivity index (χ1n) is 31.8. The maximum atomic E-state index is 16.1. The van der Waals surface area contributed by atoms with Gasteiger partial charge in [-0.25, -0.2) is 0 Å². The van der Waals surface area contributed by atoms with Gasteiger partial charge < -0.3 is 62.9 Å². The fourth-order valence-corrected chi connectivity index (χ4v) is 17.6. The number of aryl methyl sites for hydroxylation is 2. The summed E-state index contributed by atoms with van der Waals surface area (Å²) in [6, 6.07) is 29.9. The van der Waals surface area contributed by atoms with Crippen LogP contribution in [0.25, 0.3) is 0 Å². The molecule has 4 aromatic carbocycles. The summed E-state index contributed by atoms with van der Waals surface area (Å²) in [5, 5.41) is 22.9. The zero-order valence-corrected chi connectivity index (χ0v) is 57.7. The van der Waals surface area contributed by atoms with Gasteiger partial charge in [0.2, 0.25) is 67.4 Å². The van der Waals surface area contributed by atoms with Gasteiger partial charge in [0, 0.05) is 51.6 Å². The van der Waals surface area contributed by atoms with E-state index in [1.807, 2.05) is 192 Å². The van der Waals surface area contributed by atoms with Gasteiger partial charge in [0.15, 0.2) is 0 Å². The minimum absolute atomic E-state index is 0.00396. The average molecular weight is 1310 g/mol. The number of carbonyl (C=O) groups is 10. The highest BCUT2D eigenvalue weighted by molar-refractivity contribution is 6.88. The lowest BCUT2D eigenvalue weighted by atomic mass is 10.0. The van der Waals surface area contributed by atoms with Crippen LogP contribution in [-0.2, 0) is 73.6 Å². The lowest BCUT2D eigenvalue weighted by Crippen LogP contribution is -2.53. The highest BCUT2D eigenvalue weighted by Crippen LogP contribution is 2.34. The van der Waals surface area contributed by atoms with Crippen molar-refractivity contribution in [3.8, 4) is 0 Å². The van der Waals surface area contributed by atoms with Gasteiger partial charge in [-0.15, -0.1) is 0 Å². The number of hydrogen-bond acceptors (Lipinski definition) is 11. The zero-order chi connectivity index (χ0) is 68.9. The summed E-state index contributed by atoms with van der Waals surface area (Å²) in [6.07, 6.45) is 1.36. The van der Waals surface area contributed by atoms with Gasteiger partial charge in [0.05, 0.1) is 13.1 Å². The first-order valence-corrected chi connectivity index (χ1v) is 36.0. The topological polar surface area (TPSA) is 339 Å². The number of amides is 10. The van der Waals surface area contributed by atoms with E-state index < -0.39 is 88.1 Å². The number of halogens is 1. The van der Waals surface area contributed by atoms with E-state index in [0.717, 1.165) is 32.6 Å². The van der Waals surface area contributed by atoms with Gasteiger partial charge in [-0.2, -0.15) is 0 Å². The Morgan fingerprint density at radius 2 is 0.750 bits per heavy atom. The highest BCUT2D eigenvalue weighted by atomic mass is 28.4. The predicted octanol–water partition coefficient (Wildman–Crippen LogP) is 4.10. The zero-order valence-electron chi connectivity index (χ0n) is 55.7. The quantitative estimate of drug-likeness (QED) is 0.0228. The Balaban J connectivity index is 0.000000480. The molecule has 0 saturated carbocycles. The molecule has 0 heterocycles. The molecule has 0 saturated heterocycles. The van der Waals surface area contributed by atoms with Crippen LogP contribution in [0.1, 0.15) is 131 Å². The van der Waals surface area contributed by atoms with E-state index in [0.29, 0.717) is 12.8 Å². The maximum absolute atomic E-state index is 16.1. The SMILES string of the molecule is CC(C)[C@H](NC(=O)CCc1cccc([Si](O)(C(C)C)C(C)C)c1)C(=O)NCCC(=O)N[C@@H](Cc1ccccc1)C(=O)NCC(N)=O.CC(C)[C@H](NC(=O)CCc1cccc([Si]([18F])(C(C)C)C(C)C)c1)C(=O)NCCC(=O)N[C@@H](Cc1ccccc1)C(=O)NCC(N)=O. The molecule has 0 spiro atoms. The molecule has 0 radical (unpaired) electrons. The second-order valence-corrected chi connectivity index (χ2v) is 34.2. The van der Waals surface area contributed by atoms with Crippen molar-refractivity contribution in [1.29, 1.82) is 0 Å². The van der Waals surface area contributed by atoms with Crippen molar-refractivity contribution in [2.45, 2.75) is 181 Å². The molecular weight excluding hydrogens is 1210 g/mol. The summed E-state index contributed by atoms with van der Waals surface area (Å²) in [4.78, 5) is 136. The van der Waals surface area contributed by atoms with E-state index in [1.54, 1.807) is 0 Å². The number of primary amides is 2. The molecule has 0 unspecified atom stereocenters. The number of carbonyl (C=O) groups excluding carboxylic acids is 10. The van der Waals surface area contributed by atoms with E-state index in [9.17, 15) is 52.7 Å². The van der Waals surface area contributed by atoms with Crippen LogP contribution in [0.3, 0.4) is 0 Å². The number of benzene rings is 4. The van der Waals surface area contributed by atoms with E-state index >= 15 is 4.11 Å². The Kier molecular flexibility index (Phi) is 32.9. The number of nitrogens with two attached hydrogens (primary N) is 2. The van der Waals surface area contributed by atoms with Crippen LogP contribution >= 0.6 is 0 Å². The molecule has 4 aromatic rings. The van der Waals surface area contributed by atoms with Crippen molar-refractivity contribution in [1.82, 2.24) is 42.5 Å². The molecule has 504 valence electrons. The van der Waals surface area contributed by atoms with Crippen LogP contribution in [0.2, 0.25) is 22.2 Å². The second-order valence-electron chi connectivity index (χ2n) is 25.3. The fraction of sp³-hybridized carbons (Fsp3) is 0.500. The summed E-state index contributed by atoms with van der Waals surface area (Å²) in [6.45, 7) is 22.4. The average Bonchev–Trinajstić information content (AvgIpc) is 0.831. The van der Waals surface area contributed by atoms with Crippen molar-refractivity contribution < 1.29 is 56.8 Å². The Labute approximate surface area is 544 Å². The fourth-order valence-electron chi connectivity index (χ4n) is 10.7. The Hall–Kier alpha value is -8.10. The number of nitrogens with one attached hydrogen (secondary N) is 8. The van der Waals surface area contributed by atoms with Crippen LogP contribution < -0.4 is 64.4 Å². The first-order chi connectivity index (χ1) is 43.3. The minimum Gasteiger partial charge on any atom is -0.427 e. The number of hydrogen-bond donors (Lipinski definition) is 11. The lowest BCUT2D eigenvalue weighted by Gasteiger charge is -2.34. The molecular formula is C68H101FN10O11Si2. The van der Waals surface area contributed by atoms with Crippen LogP contribution in [0.5, 0.6) is 0 Å². The predicted molar refractivity (Wildman–Crippen MR) is 361 cm³/mol. The van der Waals surface area contributed by atoms with E-state index in [2.05, 4.69) is 42.5 Å². The van der Waals surface area contributed by atoms with Crippen LogP contribution in [-0.4, -0.2) is 131 Å². The Morgan fingerprint density at radius 1 is 0.413 bits per heavy atom. The summed E-state index contributed by atoms with van der Waals surface area (Å²) in [5.74, 6) is -5.31. The summed E-state index contributed by atoms with van der Waals surface area (Å²) in [7, 11) is -5.91. The maximum Gasteiger partial charge on any atom is 0.282 e. The largest absolute Gasteiger partial charge is 0.427 e. The smallest absolute Gasteiger partial charge is 0.282 e. The van der Waals surface area contributed by atoms with Crippen molar-refractivity contribution >= 4 is 86.2 Å². The van der Waals surface area contributed by atoms with Crippen molar-refractivity contribution in [3.05, 3.63) is 131 Å². The standard InChI is InChI=1S/C34H50FN5O5Si.C34H51N5O6Si/c1-22(2)32(40-30(42)16-15-26-13-10-14-27(19-26)46(35,23(3)4)24(5)6)34(45)37-18-17-31(43)39-28(33(44)38-21-29(36)41)20-25-11-8-7-9-12-25;1-22(2)32(39-30(41)16-15-26-13-10-14-27(19-26)46(45,23(3)4)24(5)6)34(44)36-18-17-31(42)38-28(33(43)37-21-29(35)40)20-25-11-8-7-9-12-25/h7-14,19,22-24,28,32H,15-18,20-21H2,1-6H3,(H2,36,41)(H,37,45)(H,38,44)(H,39,43)(H,40,42);7-14,19,22-24,28,32,45H,15-18,20-21H2,1-6H3,(H2,35,40)(H,36,44)(H,37,43)(H,38,42)(H,39,41)/t2*28-,32-/m00/s1/i35-1;. The van der Waals surface area contributed by atoms with Gasteiger partial charge in [-0.05, 0) is 79.5 Å². The molecule has 21 nitrogen and oxygen atoms in total. The first kappa shape index (κ1) is 78.1. The normalized spacial score (nSPS) is 12.8. The highest BCUT2D eigenvalue weighted by Gasteiger charge is 2.44. The van der Waals surface area contributed by atoms with Crippen LogP contribution in [0, 0.1) is 11.8 Å². The van der Waals surface area contributed by atoms with Gasteiger partial charge in [0.25, 0.3) is 8.41 Å². The Morgan fingerprint density at radius 3 is 1.09 bits per heavy atom. The monoisotopic (exact) mass is 1310 g/mol. The van der Waals surface area contributed by atoms with E-state index in [4.69, 9.17) is 11.5 Å². The van der Waals surface area contributed by atoms with Gasteiger partial charge >= 0.3 is 0 Å². The molecule has 0 aromatic heterocycles. The third-order valence-electron chi connectivity index (χ3n) is 16.1. The van der Waals surface area contributed by atoms with E-state index in [1.165, 1.54) is 0 Å². The summed E-state index contributed by atoms with van der Waals surface area (Å²) >= 11 is 0. The summed E-state index contributed by atoms with van der Waals surface area (Å²) in [5.41, 5.74) is 13.8. The molecule has 0 aliphatic heterocycles. The van der Waals surface area contributed by atoms with Gasteiger partial charge in [0.1, 0.15) is 24.2 Å². The molecule has 0 aliphatic carbocycles. The lowest BCUT2D eigenvalue weighted by molar-refractivity contribution is -0.131. The van der Waals surface area contributed by atoms with E-state index in [-0.39, 0.29) is 111 Å². The van der Waals surface area contributed by atoms with Crippen LogP contribution in [0.15, 0.2) is 109 Å². The molecule has 24 heteroatoms. The van der Waals surface area contributed by atoms with Crippen LogP contribution in [0.4, 0.5) is 4.11 Å². The van der Waals surface area contributed by atoms with Crippen molar-refractivity contribution in [2.24, 2.45) is 23.3 Å². The van der Waals surface area contributed by atoms with Gasteiger partial charge in [-0.1, -0.05) is 192 Å². The van der Waals surface area contributed by atoms with Crippen molar-refractivity contribution in [3.63, 3.8) is 0 Å². The number of rotatable bonds is 36.